The maximum absolute atomic E-state index is 5.44. The fraction of sp³-hybridized carbons (Fsp3) is 0.158. The molecule has 0 aliphatic carbocycles. The average Bonchev–Trinajstić information content (AvgIpc) is 3.21. The Labute approximate surface area is 168 Å². The van der Waals surface area contributed by atoms with Crippen LogP contribution in [0.5, 0.6) is 0 Å². The zero-order valence-corrected chi connectivity index (χ0v) is 16.3. The molecular weight excluding hydrogens is 372 g/mol. The summed E-state index contributed by atoms with van der Waals surface area (Å²) in [5.41, 5.74) is 14.9. The van der Waals surface area contributed by atoms with Crippen molar-refractivity contribution in [2.75, 3.05) is 23.7 Å². The first-order valence-corrected chi connectivity index (χ1v) is 9.12. The van der Waals surface area contributed by atoms with Crippen molar-refractivity contribution in [3.8, 4) is 0 Å². The van der Waals surface area contributed by atoms with Gasteiger partial charge in [-0.2, -0.15) is 5.10 Å². The van der Waals surface area contributed by atoms with Crippen molar-refractivity contribution >= 4 is 46.2 Å². The molecule has 7 N–H and O–H groups in total. The number of benzene rings is 2. The van der Waals surface area contributed by atoms with Crippen molar-refractivity contribution in [1.82, 2.24) is 5.32 Å². The van der Waals surface area contributed by atoms with Crippen LogP contribution in [0.2, 0.25) is 0 Å². The van der Waals surface area contributed by atoms with Gasteiger partial charge in [-0.1, -0.05) is 24.3 Å². The molecule has 0 amide bonds. The van der Waals surface area contributed by atoms with E-state index in [0.717, 1.165) is 41.4 Å². The van der Waals surface area contributed by atoms with Crippen molar-refractivity contribution in [1.29, 1.82) is 0 Å². The van der Waals surface area contributed by atoms with Gasteiger partial charge < -0.3 is 27.4 Å². The van der Waals surface area contributed by atoms with Gasteiger partial charge in [0.15, 0.2) is 5.11 Å². The Kier molecular flexibility index (Phi) is 6.18. The third kappa shape index (κ3) is 5.27. The maximum Gasteiger partial charge on any atom is 0.211 e. The highest BCUT2D eigenvalue weighted by atomic mass is 32.1. The lowest BCUT2D eigenvalue weighted by Gasteiger charge is -2.12. The van der Waals surface area contributed by atoms with E-state index >= 15 is 0 Å². The number of nitrogens with two attached hydrogens (primary N) is 2. The van der Waals surface area contributed by atoms with Crippen LogP contribution in [0.4, 0.5) is 11.4 Å². The van der Waals surface area contributed by atoms with Crippen LogP contribution in [0.15, 0.2) is 63.7 Å². The molecule has 0 atom stereocenters. The van der Waals surface area contributed by atoms with Crippen molar-refractivity contribution in [3.05, 3.63) is 59.7 Å². The SMILES string of the molecule is C/C(=N\N=C(N)N)c1cccc(NC(=S)Nc2cccc(C3=NCCN3)c2)c1. The summed E-state index contributed by atoms with van der Waals surface area (Å²) >= 11 is 5.44. The first-order valence-electron chi connectivity index (χ1n) is 8.71. The Balaban J connectivity index is 1.67. The number of nitrogens with one attached hydrogen (secondary N) is 3. The molecule has 9 heteroatoms. The minimum atomic E-state index is -0.0833. The fourth-order valence-electron chi connectivity index (χ4n) is 2.64. The van der Waals surface area contributed by atoms with E-state index in [9.17, 15) is 0 Å². The molecule has 8 nitrogen and oxygen atoms in total. The quantitative estimate of drug-likeness (QED) is 0.228. The van der Waals surface area contributed by atoms with Crippen molar-refractivity contribution < 1.29 is 0 Å². The van der Waals surface area contributed by atoms with Gasteiger partial charge in [0.25, 0.3) is 0 Å². The summed E-state index contributed by atoms with van der Waals surface area (Å²) < 4.78 is 0. The van der Waals surface area contributed by atoms with Crippen LogP contribution < -0.4 is 27.4 Å². The summed E-state index contributed by atoms with van der Waals surface area (Å²) in [4.78, 5) is 4.44. The molecule has 1 heterocycles. The molecule has 0 spiro atoms. The third-order valence-electron chi connectivity index (χ3n) is 3.92. The molecule has 1 aliphatic rings. The van der Waals surface area contributed by atoms with E-state index in [4.69, 9.17) is 23.7 Å². The zero-order valence-electron chi connectivity index (χ0n) is 15.4. The van der Waals surface area contributed by atoms with Crippen LogP contribution in [-0.2, 0) is 0 Å². The van der Waals surface area contributed by atoms with E-state index in [2.05, 4.69) is 31.1 Å². The topological polar surface area (TPSA) is 125 Å². The second-order valence-corrected chi connectivity index (χ2v) is 6.52. The Hall–Kier alpha value is -3.46. The summed E-state index contributed by atoms with van der Waals surface area (Å²) in [5.74, 6) is 0.825. The Bertz CT molecular complexity index is 960. The highest BCUT2D eigenvalue weighted by molar-refractivity contribution is 7.80. The lowest BCUT2D eigenvalue weighted by molar-refractivity contribution is 0.960. The molecule has 0 saturated heterocycles. The monoisotopic (exact) mass is 394 g/mol. The molecule has 0 unspecified atom stereocenters. The highest BCUT2D eigenvalue weighted by Crippen LogP contribution is 2.15. The predicted octanol–water partition coefficient (Wildman–Crippen LogP) is 1.84. The standard InChI is InChI=1S/C19H22N8S/c1-12(26-27-18(20)21)13-4-2-6-15(10-13)24-19(28)25-16-7-3-5-14(11-16)17-22-8-9-23-17/h2-7,10-11H,8-9H2,1H3,(H,22,23)(H4,20,21,27)(H2,24,25,28)/b26-12+. The second-order valence-electron chi connectivity index (χ2n) is 6.11. The lowest BCUT2D eigenvalue weighted by atomic mass is 10.1. The third-order valence-corrected chi connectivity index (χ3v) is 4.13. The lowest BCUT2D eigenvalue weighted by Crippen LogP contribution is -2.22. The predicted molar refractivity (Wildman–Crippen MR) is 120 cm³/mol. The number of hydrogen-bond acceptors (Lipinski definition) is 5. The minimum Gasteiger partial charge on any atom is -0.369 e. The number of aliphatic imine (C=N–C) groups is 1. The zero-order chi connectivity index (χ0) is 19.9. The molecular formula is C19H22N8S. The van der Waals surface area contributed by atoms with Crippen LogP contribution in [0.3, 0.4) is 0 Å². The molecule has 0 bridgehead atoms. The second kappa shape index (κ2) is 8.96. The van der Waals surface area contributed by atoms with Crippen LogP contribution >= 0.6 is 12.2 Å². The average molecular weight is 395 g/mol. The van der Waals surface area contributed by atoms with Crippen LogP contribution in [-0.4, -0.2) is 35.7 Å². The van der Waals surface area contributed by atoms with E-state index in [1.165, 1.54) is 0 Å². The highest BCUT2D eigenvalue weighted by Gasteiger charge is 2.09. The van der Waals surface area contributed by atoms with Gasteiger partial charge >= 0.3 is 0 Å². The summed E-state index contributed by atoms with van der Waals surface area (Å²) in [6, 6.07) is 15.6. The largest absolute Gasteiger partial charge is 0.369 e. The molecule has 1 aliphatic heterocycles. The van der Waals surface area contributed by atoms with Crippen molar-refractivity contribution in [2.45, 2.75) is 6.92 Å². The van der Waals surface area contributed by atoms with Crippen LogP contribution in [0.1, 0.15) is 18.1 Å². The van der Waals surface area contributed by atoms with Gasteiger partial charge in [0.1, 0.15) is 5.84 Å². The van der Waals surface area contributed by atoms with E-state index < -0.39 is 0 Å². The molecule has 28 heavy (non-hydrogen) atoms. The van der Waals surface area contributed by atoms with Crippen molar-refractivity contribution in [3.63, 3.8) is 0 Å². The Morgan fingerprint density at radius 2 is 1.79 bits per heavy atom. The van der Waals surface area contributed by atoms with Gasteiger partial charge in [-0.3, -0.25) is 4.99 Å². The Morgan fingerprint density at radius 1 is 1.07 bits per heavy atom. The number of hydrogen-bond donors (Lipinski definition) is 5. The molecule has 0 saturated carbocycles. The van der Waals surface area contributed by atoms with E-state index in [-0.39, 0.29) is 5.96 Å². The molecule has 3 rings (SSSR count). The maximum atomic E-state index is 5.44. The molecule has 2 aromatic rings. The van der Waals surface area contributed by atoms with Gasteiger partial charge in [-0.05, 0) is 49.0 Å². The van der Waals surface area contributed by atoms with Gasteiger partial charge in [0.2, 0.25) is 5.96 Å². The smallest absolute Gasteiger partial charge is 0.211 e. The van der Waals surface area contributed by atoms with E-state index in [0.29, 0.717) is 10.8 Å². The summed E-state index contributed by atoms with van der Waals surface area (Å²) in [6.45, 7) is 3.50. The number of thiocarbonyl (C=S) groups is 1. The van der Waals surface area contributed by atoms with Gasteiger partial charge in [-0.25, -0.2) is 0 Å². The normalized spacial score (nSPS) is 13.3. The number of nitrogens with zero attached hydrogens (tertiary/aromatic N) is 3. The number of rotatable bonds is 5. The fourth-order valence-corrected chi connectivity index (χ4v) is 2.88. The van der Waals surface area contributed by atoms with Crippen LogP contribution in [0, 0.1) is 0 Å². The molecule has 144 valence electrons. The van der Waals surface area contributed by atoms with E-state index in [1.807, 2.05) is 55.5 Å². The Morgan fingerprint density at radius 3 is 2.46 bits per heavy atom. The summed E-state index contributed by atoms with van der Waals surface area (Å²) in [6.07, 6.45) is 0. The van der Waals surface area contributed by atoms with Gasteiger partial charge in [0, 0.05) is 23.5 Å². The summed E-state index contributed by atoms with van der Waals surface area (Å²) in [7, 11) is 0. The minimum absolute atomic E-state index is 0.0833. The van der Waals surface area contributed by atoms with E-state index in [1.54, 1.807) is 0 Å². The molecule has 0 radical (unpaired) electrons. The summed E-state index contributed by atoms with van der Waals surface area (Å²) in [5, 5.41) is 17.8. The first kappa shape index (κ1) is 19.3. The molecule has 0 fully saturated rings. The van der Waals surface area contributed by atoms with Crippen molar-refractivity contribution in [2.24, 2.45) is 26.7 Å². The molecule has 2 aromatic carbocycles. The number of guanidine groups is 1. The van der Waals surface area contributed by atoms with Gasteiger partial charge in [-0.15, -0.1) is 5.10 Å². The van der Waals surface area contributed by atoms with Crippen LogP contribution in [0.25, 0.3) is 0 Å². The first-order chi connectivity index (χ1) is 13.5. The number of anilines is 2. The van der Waals surface area contributed by atoms with Gasteiger partial charge in [0.05, 0.1) is 12.3 Å². The molecule has 0 aromatic heterocycles. The number of amidine groups is 1.